The molecule has 2 amide bonds. The number of benzene rings is 2. The summed E-state index contributed by atoms with van der Waals surface area (Å²) in [6.07, 6.45) is 1.43. The van der Waals surface area contributed by atoms with Crippen molar-refractivity contribution in [1.82, 2.24) is 9.36 Å². The lowest BCUT2D eigenvalue weighted by molar-refractivity contribution is 0.0993. The normalized spacial score (nSPS) is 10.5. The van der Waals surface area contributed by atoms with Gasteiger partial charge < -0.3 is 9.73 Å². The molecule has 2 aromatic carbocycles. The van der Waals surface area contributed by atoms with Crippen LogP contribution in [-0.2, 0) is 0 Å². The zero-order chi connectivity index (χ0) is 20.2. The Morgan fingerprint density at radius 1 is 0.966 bits per heavy atom. The summed E-state index contributed by atoms with van der Waals surface area (Å²) in [6, 6.07) is 17.8. The number of nitrogens with one attached hydrogen (secondary N) is 2. The van der Waals surface area contributed by atoms with Gasteiger partial charge in [0.25, 0.3) is 11.8 Å². The largest absolute Gasteiger partial charge is 0.459 e. The van der Waals surface area contributed by atoms with Gasteiger partial charge in [0.05, 0.1) is 6.26 Å². The fourth-order valence-electron chi connectivity index (χ4n) is 2.64. The second kappa shape index (κ2) is 8.07. The standard InChI is InChI=1S/C21H16N4O3S/c1-13-9-10-15(12-16(13)22-20(27)17-8-5-11-28-17)19(26)24-21-23-18(25-29-21)14-6-3-2-4-7-14/h2-12H,1H3,(H,22,27)(H,23,24,25,26). The predicted molar refractivity (Wildman–Crippen MR) is 111 cm³/mol. The summed E-state index contributed by atoms with van der Waals surface area (Å²) in [4.78, 5) is 29.2. The van der Waals surface area contributed by atoms with E-state index in [4.69, 9.17) is 4.42 Å². The smallest absolute Gasteiger partial charge is 0.291 e. The molecule has 29 heavy (non-hydrogen) atoms. The highest BCUT2D eigenvalue weighted by Crippen LogP contribution is 2.23. The van der Waals surface area contributed by atoms with Gasteiger partial charge in [0.15, 0.2) is 11.6 Å². The first-order chi connectivity index (χ1) is 14.1. The SMILES string of the molecule is Cc1ccc(C(=O)Nc2nc(-c3ccccc3)ns2)cc1NC(=O)c1ccco1. The summed E-state index contributed by atoms with van der Waals surface area (Å²) >= 11 is 1.11. The van der Waals surface area contributed by atoms with Crippen molar-refractivity contribution in [3.8, 4) is 11.4 Å². The van der Waals surface area contributed by atoms with Crippen LogP contribution in [0, 0.1) is 6.92 Å². The molecular formula is C21H16N4O3S. The van der Waals surface area contributed by atoms with Crippen LogP contribution in [-0.4, -0.2) is 21.2 Å². The number of anilines is 2. The van der Waals surface area contributed by atoms with Gasteiger partial charge in [-0.2, -0.15) is 9.36 Å². The van der Waals surface area contributed by atoms with Crippen molar-refractivity contribution in [2.45, 2.75) is 6.92 Å². The Labute approximate surface area is 170 Å². The fourth-order valence-corrected chi connectivity index (χ4v) is 3.22. The molecule has 0 aliphatic heterocycles. The van der Waals surface area contributed by atoms with Crippen molar-refractivity contribution >= 4 is 34.2 Å². The van der Waals surface area contributed by atoms with E-state index in [1.807, 2.05) is 37.3 Å². The maximum absolute atomic E-state index is 12.6. The van der Waals surface area contributed by atoms with Crippen molar-refractivity contribution in [3.05, 3.63) is 83.8 Å². The van der Waals surface area contributed by atoms with Crippen LogP contribution in [0.25, 0.3) is 11.4 Å². The minimum atomic E-state index is -0.382. The van der Waals surface area contributed by atoms with E-state index in [2.05, 4.69) is 20.0 Å². The molecule has 144 valence electrons. The van der Waals surface area contributed by atoms with E-state index in [0.717, 1.165) is 22.7 Å². The van der Waals surface area contributed by atoms with Crippen LogP contribution < -0.4 is 10.6 Å². The van der Waals surface area contributed by atoms with Gasteiger partial charge in [0.2, 0.25) is 5.13 Å². The zero-order valence-electron chi connectivity index (χ0n) is 15.4. The van der Waals surface area contributed by atoms with Crippen LogP contribution in [0.5, 0.6) is 0 Å². The number of furan rings is 1. The van der Waals surface area contributed by atoms with Crippen LogP contribution in [0.15, 0.2) is 71.3 Å². The van der Waals surface area contributed by atoms with Gasteiger partial charge in [0.1, 0.15) is 0 Å². The number of amides is 2. The zero-order valence-corrected chi connectivity index (χ0v) is 16.2. The summed E-state index contributed by atoms with van der Waals surface area (Å²) in [5.41, 5.74) is 2.62. The molecule has 0 fully saturated rings. The highest BCUT2D eigenvalue weighted by Gasteiger charge is 2.15. The molecule has 4 rings (SSSR count). The molecule has 0 spiro atoms. The van der Waals surface area contributed by atoms with Crippen molar-refractivity contribution in [1.29, 1.82) is 0 Å². The number of nitrogens with zero attached hydrogens (tertiary/aromatic N) is 2. The summed E-state index contributed by atoms with van der Waals surface area (Å²) in [6.45, 7) is 1.84. The van der Waals surface area contributed by atoms with Gasteiger partial charge >= 0.3 is 0 Å². The molecule has 0 bridgehead atoms. The van der Waals surface area contributed by atoms with E-state index in [1.54, 1.807) is 30.3 Å². The summed E-state index contributed by atoms with van der Waals surface area (Å²) in [5, 5.41) is 5.91. The predicted octanol–water partition coefficient (Wildman–Crippen LogP) is 4.61. The highest BCUT2D eigenvalue weighted by molar-refractivity contribution is 7.10. The number of hydrogen-bond acceptors (Lipinski definition) is 6. The van der Waals surface area contributed by atoms with Crippen LogP contribution in [0.1, 0.15) is 26.5 Å². The number of rotatable bonds is 5. The molecule has 0 aliphatic rings. The van der Waals surface area contributed by atoms with Gasteiger partial charge in [-0.25, -0.2) is 0 Å². The molecular weight excluding hydrogens is 388 g/mol. The minimum Gasteiger partial charge on any atom is -0.459 e. The number of aryl methyl sites for hydroxylation is 1. The van der Waals surface area contributed by atoms with E-state index in [9.17, 15) is 9.59 Å². The highest BCUT2D eigenvalue weighted by atomic mass is 32.1. The molecule has 0 unspecified atom stereocenters. The molecule has 0 saturated carbocycles. The lowest BCUT2D eigenvalue weighted by Crippen LogP contribution is -2.15. The topological polar surface area (TPSA) is 97.1 Å². The number of carbonyl (C=O) groups excluding carboxylic acids is 2. The molecule has 7 nitrogen and oxygen atoms in total. The van der Waals surface area contributed by atoms with E-state index >= 15 is 0 Å². The van der Waals surface area contributed by atoms with Crippen molar-refractivity contribution in [3.63, 3.8) is 0 Å². The van der Waals surface area contributed by atoms with Crippen molar-refractivity contribution in [2.75, 3.05) is 10.6 Å². The van der Waals surface area contributed by atoms with Crippen LogP contribution in [0.2, 0.25) is 0 Å². The molecule has 2 aromatic heterocycles. The molecule has 0 aliphatic carbocycles. The molecule has 0 saturated heterocycles. The minimum absolute atomic E-state index is 0.196. The first-order valence-corrected chi connectivity index (χ1v) is 9.53. The average Bonchev–Trinajstić information content (AvgIpc) is 3.42. The van der Waals surface area contributed by atoms with Gasteiger partial charge in [-0.05, 0) is 36.8 Å². The van der Waals surface area contributed by atoms with Gasteiger partial charge in [-0.3, -0.25) is 14.9 Å². The molecule has 0 radical (unpaired) electrons. The average molecular weight is 404 g/mol. The molecule has 4 aromatic rings. The third-order valence-electron chi connectivity index (χ3n) is 4.17. The Morgan fingerprint density at radius 3 is 2.55 bits per heavy atom. The lowest BCUT2D eigenvalue weighted by Gasteiger charge is -2.09. The Bertz CT molecular complexity index is 1150. The summed E-state index contributed by atoms with van der Waals surface area (Å²) in [5.74, 6) is 0.0318. The van der Waals surface area contributed by atoms with Gasteiger partial charge in [-0.15, -0.1) is 0 Å². The Hall–Kier alpha value is -3.78. The molecule has 2 heterocycles. The fraction of sp³-hybridized carbons (Fsp3) is 0.0476. The first-order valence-electron chi connectivity index (χ1n) is 8.76. The van der Waals surface area contributed by atoms with Gasteiger partial charge in [0, 0.05) is 28.3 Å². The third kappa shape index (κ3) is 4.22. The first kappa shape index (κ1) is 18.6. The van der Waals surface area contributed by atoms with Crippen LogP contribution in [0.4, 0.5) is 10.8 Å². The summed E-state index contributed by atoms with van der Waals surface area (Å²) < 4.78 is 9.38. The van der Waals surface area contributed by atoms with Gasteiger partial charge in [-0.1, -0.05) is 36.4 Å². The van der Waals surface area contributed by atoms with E-state index < -0.39 is 0 Å². The van der Waals surface area contributed by atoms with Crippen molar-refractivity contribution < 1.29 is 14.0 Å². The lowest BCUT2D eigenvalue weighted by atomic mass is 10.1. The Morgan fingerprint density at radius 2 is 1.79 bits per heavy atom. The van der Waals surface area contributed by atoms with Crippen LogP contribution in [0.3, 0.4) is 0 Å². The van der Waals surface area contributed by atoms with E-state index in [0.29, 0.717) is 22.2 Å². The summed E-state index contributed by atoms with van der Waals surface area (Å²) in [7, 11) is 0. The second-order valence-corrected chi connectivity index (χ2v) is 6.96. The maximum atomic E-state index is 12.6. The number of hydrogen-bond donors (Lipinski definition) is 2. The molecule has 2 N–H and O–H groups in total. The third-order valence-corrected chi connectivity index (χ3v) is 4.80. The van der Waals surface area contributed by atoms with Crippen LogP contribution >= 0.6 is 11.5 Å². The Balaban J connectivity index is 1.49. The Kier molecular flexibility index (Phi) is 5.17. The molecule has 0 atom stereocenters. The number of aromatic nitrogens is 2. The van der Waals surface area contributed by atoms with Crippen molar-refractivity contribution in [2.24, 2.45) is 0 Å². The second-order valence-electron chi connectivity index (χ2n) is 6.20. The number of carbonyl (C=O) groups is 2. The maximum Gasteiger partial charge on any atom is 0.291 e. The monoisotopic (exact) mass is 404 g/mol. The molecule has 8 heteroatoms. The van der Waals surface area contributed by atoms with E-state index in [-0.39, 0.29) is 17.6 Å². The quantitative estimate of drug-likeness (QED) is 0.506. The van der Waals surface area contributed by atoms with E-state index in [1.165, 1.54) is 6.26 Å².